The van der Waals surface area contributed by atoms with Crippen LogP contribution in [-0.4, -0.2) is 55.1 Å². The number of amides is 3. The van der Waals surface area contributed by atoms with E-state index in [0.717, 1.165) is 4.90 Å². The molecule has 3 amide bonds. The van der Waals surface area contributed by atoms with Gasteiger partial charge in [0.1, 0.15) is 22.9 Å². The third-order valence-corrected chi connectivity index (χ3v) is 9.13. The summed E-state index contributed by atoms with van der Waals surface area (Å²) in [4.78, 5) is 54.9. The number of anilines is 1. The van der Waals surface area contributed by atoms with Crippen molar-refractivity contribution in [3.05, 3.63) is 45.1 Å². The summed E-state index contributed by atoms with van der Waals surface area (Å²) in [7, 11) is 0. The molecule has 2 aliphatic heterocycles. The van der Waals surface area contributed by atoms with E-state index >= 15 is 0 Å². The van der Waals surface area contributed by atoms with E-state index in [0.29, 0.717) is 31.4 Å². The summed E-state index contributed by atoms with van der Waals surface area (Å²) in [5.74, 6) is -1.85. The largest absolute Gasteiger partial charge is 0.481 e. The van der Waals surface area contributed by atoms with Crippen LogP contribution in [-0.2, 0) is 19.2 Å². The van der Waals surface area contributed by atoms with E-state index in [-0.39, 0.29) is 23.0 Å². The lowest BCUT2D eigenvalue weighted by atomic mass is 10.1. The Balaban J connectivity index is 1.62. The van der Waals surface area contributed by atoms with Gasteiger partial charge in [0.15, 0.2) is 5.13 Å². The van der Waals surface area contributed by atoms with Gasteiger partial charge in [0.25, 0.3) is 0 Å². The first kappa shape index (κ1) is 24.9. The Labute approximate surface area is 216 Å². The smallest absolute Gasteiger partial charge is 0.312 e. The van der Waals surface area contributed by atoms with Gasteiger partial charge in [-0.15, -0.1) is 23.5 Å². The van der Waals surface area contributed by atoms with Crippen molar-refractivity contribution in [3.8, 4) is 0 Å². The number of nitrogens with one attached hydrogen (secondary N) is 2. The van der Waals surface area contributed by atoms with Crippen molar-refractivity contribution >= 4 is 92.5 Å². The summed E-state index contributed by atoms with van der Waals surface area (Å²) in [6, 6.07) is 5.13. The van der Waals surface area contributed by atoms with Crippen molar-refractivity contribution < 1.29 is 24.3 Å². The third kappa shape index (κ3) is 5.20. The van der Waals surface area contributed by atoms with Gasteiger partial charge in [-0.3, -0.25) is 24.1 Å². The zero-order valence-corrected chi connectivity index (χ0v) is 21.3. The molecule has 0 saturated carbocycles. The number of carbonyl (C=O) groups excluding carboxylic acids is 3. The fourth-order valence-electron chi connectivity index (χ4n) is 3.28. The summed E-state index contributed by atoms with van der Waals surface area (Å²) < 4.78 is 0. The first-order valence-electron chi connectivity index (χ1n) is 9.69. The summed E-state index contributed by atoms with van der Waals surface area (Å²) in [5, 5.41) is 14.7. The minimum Gasteiger partial charge on any atom is -0.481 e. The predicted octanol–water partition coefficient (Wildman–Crippen LogP) is 3.74. The Morgan fingerprint density at radius 3 is 2.71 bits per heavy atom. The van der Waals surface area contributed by atoms with Crippen molar-refractivity contribution in [3.63, 3.8) is 0 Å². The van der Waals surface area contributed by atoms with E-state index in [1.807, 2.05) is 0 Å². The van der Waals surface area contributed by atoms with E-state index in [1.54, 1.807) is 24.4 Å². The minimum atomic E-state index is -1.28. The van der Waals surface area contributed by atoms with Crippen LogP contribution in [0.4, 0.5) is 5.13 Å². The lowest BCUT2D eigenvalue weighted by molar-refractivity contribution is -0.140. The summed E-state index contributed by atoms with van der Waals surface area (Å²) in [6.45, 7) is 1.36. The number of β-lactam (4-membered cyclic amide) rings is 1. The van der Waals surface area contributed by atoms with E-state index < -0.39 is 23.5 Å². The van der Waals surface area contributed by atoms with Gasteiger partial charge in [0.2, 0.25) is 17.7 Å². The summed E-state index contributed by atoms with van der Waals surface area (Å²) in [6.07, 6.45) is 0.805. The molecule has 1 fully saturated rings. The molecule has 2 aliphatic rings. The number of fused-ring (bicyclic) bond motifs is 1. The van der Waals surface area contributed by atoms with Gasteiger partial charge in [0, 0.05) is 29.3 Å². The number of aliphatic carboxylic acids is 1. The van der Waals surface area contributed by atoms with Gasteiger partial charge >= 0.3 is 5.97 Å². The topological polar surface area (TPSA) is 129 Å². The average Bonchev–Trinajstić information content (AvgIpc) is 3.20. The van der Waals surface area contributed by atoms with Crippen molar-refractivity contribution in [2.24, 2.45) is 0 Å². The normalized spacial score (nSPS) is 19.4. The number of benzene rings is 1. The standard InChI is InChI=1S/C20H16Cl2N4O5S3/c1-8(27)24-20-23-6-13(34-20)10-7-32-19-16(33-9-2-3-11(21)12(22)4-9)18(31)26(19)17(10)25-14(28)5-15(29)30/h2-4,6,16,19H,5,7H2,1H3,(H,25,28)(H,29,30)(H,23,24,27). The van der Waals surface area contributed by atoms with E-state index in [9.17, 15) is 19.2 Å². The predicted molar refractivity (Wildman–Crippen MR) is 133 cm³/mol. The van der Waals surface area contributed by atoms with Gasteiger partial charge in [-0.25, -0.2) is 4.98 Å². The molecule has 178 valence electrons. The quantitative estimate of drug-likeness (QED) is 0.346. The molecule has 14 heteroatoms. The van der Waals surface area contributed by atoms with Crippen LogP contribution in [0.25, 0.3) is 5.57 Å². The van der Waals surface area contributed by atoms with Crippen LogP contribution < -0.4 is 10.6 Å². The molecule has 2 aromatic rings. The molecule has 1 aromatic carbocycles. The molecule has 4 rings (SSSR count). The van der Waals surface area contributed by atoms with Crippen LogP contribution in [0, 0.1) is 0 Å². The molecule has 0 radical (unpaired) electrons. The second-order valence-electron chi connectivity index (χ2n) is 7.18. The molecule has 1 aromatic heterocycles. The van der Waals surface area contributed by atoms with E-state index in [4.69, 9.17) is 28.3 Å². The fraction of sp³-hybridized carbons (Fsp3) is 0.250. The number of nitrogens with zero attached hydrogens (tertiary/aromatic N) is 2. The lowest BCUT2D eigenvalue weighted by Crippen LogP contribution is -2.64. The van der Waals surface area contributed by atoms with Crippen molar-refractivity contribution in [2.45, 2.75) is 28.9 Å². The number of hydrogen-bond acceptors (Lipinski definition) is 8. The van der Waals surface area contributed by atoms with Crippen LogP contribution in [0.5, 0.6) is 0 Å². The van der Waals surface area contributed by atoms with Crippen LogP contribution in [0.2, 0.25) is 10.0 Å². The van der Waals surface area contributed by atoms with E-state index in [2.05, 4.69) is 15.6 Å². The van der Waals surface area contributed by atoms with Gasteiger partial charge in [-0.1, -0.05) is 34.5 Å². The average molecular weight is 559 g/mol. The number of aromatic nitrogens is 1. The highest BCUT2D eigenvalue weighted by atomic mass is 35.5. The highest BCUT2D eigenvalue weighted by molar-refractivity contribution is 8.04. The minimum absolute atomic E-state index is 0.233. The molecular formula is C20H16Cl2N4O5S3. The molecule has 0 aliphatic carbocycles. The number of carboxylic acid groups (broad SMARTS) is 1. The van der Waals surface area contributed by atoms with Crippen molar-refractivity contribution in [1.82, 2.24) is 15.2 Å². The first-order chi connectivity index (χ1) is 16.1. The zero-order chi connectivity index (χ0) is 24.6. The van der Waals surface area contributed by atoms with E-state index in [1.165, 1.54) is 46.7 Å². The van der Waals surface area contributed by atoms with Crippen LogP contribution >= 0.6 is 58.1 Å². The number of carbonyl (C=O) groups is 4. The highest BCUT2D eigenvalue weighted by Crippen LogP contribution is 2.49. The number of halogens is 2. The van der Waals surface area contributed by atoms with Crippen LogP contribution in [0.3, 0.4) is 0 Å². The highest BCUT2D eigenvalue weighted by Gasteiger charge is 2.53. The molecule has 0 spiro atoms. The van der Waals surface area contributed by atoms with Crippen LogP contribution in [0.1, 0.15) is 18.2 Å². The number of thiazole rings is 1. The molecule has 1 saturated heterocycles. The first-order valence-corrected chi connectivity index (χ1v) is 13.2. The molecule has 0 bridgehead atoms. The second kappa shape index (κ2) is 10.2. The van der Waals surface area contributed by atoms with Gasteiger partial charge < -0.3 is 15.7 Å². The molecule has 2 atom stereocenters. The SMILES string of the molecule is CC(=O)Nc1ncc(C2=C(NC(=O)CC(=O)O)N3C(=O)C(Sc4ccc(Cl)c(Cl)c4)C3SC2)s1. The molecule has 9 nitrogen and oxygen atoms in total. The summed E-state index contributed by atoms with van der Waals surface area (Å²) >= 11 is 16.1. The number of rotatable bonds is 7. The van der Waals surface area contributed by atoms with Gasteiger partial charge in [-0.2, -0.15) is 0 Å². The Hall–Kier alpha value is -2.25. The second-order valence-corrected chi connectivity index (χ2v) is 11.3. The summed E-state index contributed by atoms with van der Waals surface area (Å²) in [5.41, 5.74) is 0.625. The molecule has 3 N–H and O–H groups in total. The third-order valence-electron chi connectivity index (χ3n) is 4.73. The Morgan fingerprint density at radius 1 is 1.26 bits per heavy atom. The Morgan fingerprint density at radius 2 is 2.03 bits per heavy atom. The Kier molecular flexibility index (Phi) is 7.43. The maximum Gasteiger partial charge on any atom is 0.312 e. The maximum absolute atomic E-state index is 13.2. The number of carboxylic acids is 1. The van der Waals surface area contributed by atoms with Crippen LogP contribution in [0.15, 0.2) is 35.1 Å². The Bertz CT molecular complexity index is 1230. The van der Waals surface area contributed by atoms with Gasteiger partial charge in [0.05, 0.1) is 14.9 Å². The molecular weight excluding hydrogens is 543 g/mol. The van der Waals surface area contributed by atoms with Crippen molar-refractivity contribution in [1.29, 1.82) is 0 Å². The zero-order valence-electron chi connectivity index (χ0n) is 17.3. The molecule has 2 unspecified atom stereocenters. The lowest BCUT2D eigenvalue weighted by Gasteiger charge is -2.50. The van der Waals surface area contributed by atoms with Gasteiger partial charge in [-0.05, 0) is 18.2 Å². The molecule has 34 heavy (non-hydrogen) atoms. The molecule has 3 heterocycles. The number of thioether (sulfide) groups is 2. The fourth-order valence-corrected chi connectivity index (χ4v) is 7.40. The maximum atomic E-state index is 13.2. The monoisotopic (exact) mass is 558 g/mol. The van der Waals surface area contributed by atoms with Crippen molar-refractivity contribution in [2.75, 3.05) is 11.1 Å². The number of hydrogen-bond donors (Lipinski definition) is 3.